The van der Waals surface area contributed by atoms with Crippen molar-refractivity contribution >= 4 is 28.4 Å². The Morgan fingerprint density at radius 2 is 1.86 bits per heavy atom. The molecule has 0 spiro atoms. The number of Topliss-reactive ketones (excluding diaryl/α,β-unsaturated/α-hetero) is 1. The van der Waals surface area contributed by atoms with E-state index in [9.17, 15) is 4.79 Å². The Morgan fingerprint density at radius 3 is 2.55 bits per heavy atom. The largest absolute Gasteiger partial charge is 0.313 e. The normalized spacial score (nSPS) is 13.8. The summed E-state index contributed by atoms with van der Waals surface area (Å²) >= 11 is 1.71. The Labute approximate surface area is 135 Å². The van der Waals surface area contributed by atoms with Crippen LogP contribution in [0.15, 0.2) is 59.6 Å². The van der Waals surface area contributed by atoms with Crippen molar-refractivity contribution in [1.82, 2.24) is 0 Å². The number of nitrogens with zero attached hydrogens (tertiary/aromatic N) is 2. The van der Waals surface area contributed by atoms with Crippen LogP contribution in [0.4, 0.5) is 5.69 Å². The molecule has 0 saturated heterocycles. The number of hydrogen-bond acceptors (Lipinski definition) is 4. The molecule has 0 atom stereocenters. The van der Waals surface area contributed by atoms with Crippen LogP contribution in [-0.2, 0) is 0 Å². The summed E-state index contributed by atoms with van der Waals surface area (Å²) < 4.78 is 0. The smallest absolute Gasteiger partial charge is 0.182 e. The van der Waals surface area contributed by atoms with Crippen LogP contribution in [0.5, 0.6) is 0 Å². The van der Waals surface area contributed by atoms with Gasteiger partial charge >= 0.3 is 0 Å². The van der Waals surface area contributed by atoms with E-state index in [4.69, 9.17) is 0 Å². The standard InChI is InChI=1S/C18H18N2OS/c1-14-7-5-6-10-16(14)20(18-19-11-12-22-18)13-17(21)15-8-3-2-4-9-15/h2-10H,11-13H2,1H3. The lowest BCUT2D eigenvalue weighted by Crippen LogP contribution is -2.34. The molecule has 0 N–H and O–H groups in total. The van der Waals surface area contributed by atoms with Crippen LogP contribution in [0.1, 0.15) is 15.9 Å². The minimum absolute atomic E-state index is 0.110. The van der Waals surface area contributed by atoms with Crippen molar-refractivity contribution in [1.29, 1.82) is 0 Å². The molecule has 1 aliphatic rings. The number of carbonyl (C=O) groups is 1. The molecule has 1 heterocycles. The highest BCUT2D eigenvalue weighted by molar-refractivity contribution is 8.14. The Morgan fingerprint density at radius 1 is 1.14 bits per heavy atom. The van der Waals surface area contributed by atoms with Crippen LogP contribution in [0.2, 0.25) is 0 Å². The number of thioether (sulfide) groups is 1. The first-order valence-electron chi connectivity index (χ1n) is 7.34. The third kappa shape index (κ3) is 3.22. The van der Waals surface area contributed by atoms with E-state index in [1.165, 1.54) is 0 Å². The molecule has 0 amide bonds. The van der Waals surface area contributed by atoms with Crippen molar-refractivity contribution < 1.29 is 4.79 Å². The molecular weight excluding hydrogens is 292 g/mol. The van der Waals surface area contributed by atoms with Crippen LogP contribution in [-0.4, -0.2) is 29.8 Å². The zero-order chi connectivity index (χ0) is 15.4. The van der Waals surface area contributed by atoms with E-state index in [1.807, 2.05) is 47.4 Å². The van der Waals surface area contributed by atoms with Gasteiger partial charge in [0.2, 0.25) is 0 Å². The maximum atomic E-state index is 12.6. The van der Waals surface area contributed by atoms with Gasteiger partial charge in [-0.1, -0.05) is 60.3 Å². The Hall–Kier alpha value is -2.07. The van der Waals surface area contributed by atoms with Gasteiger partial charge in [-0.2, -0.15) is 0 Å². The highest BCUT2D eigenvalue weighted by Gasteiger charge is 2.22. The SMILES string of the molecule is Cc1ccccc1N(CC(=O)c1ccccc1)C1=NCCS1. The lowest BCUT2D eigenvalue weighted by atomic mass is 10.1. The van der Waals surface area contributed by atoms with Gasteiger partial charge in [0.25, 0.3) is 0 Å². The fourth-order valence-electron chi connectivity index (χ4n) is 2.47. The molecule has 0 radical (unpaired) electrons. The van der Waals surface area contributed by atoms with Crippen LogP contribution >= 0.6 is 11.8 Å². The highest BCUT2D eigenvalue weighted by atomic mass is 32.2. The third-order valence-electron chi connectivity index (χ3n) is 3.60. The first-order valence-corrected chi connectivity index (χ1v) is 8.33. The summed E-state index contributed by atoms with van der Waals surface area (Å²) in [5.41, 5.74) is 2.95. The molecule has 0 saturated carbocycles. The van der Waals surface area contributed by atoms with E-state index >= 15 is 0 Å². The van der Waals surface area contributed by atoms with Gasteiger partial charge in [-0.3, -0.25) is 9.79 Å². The third-order valence-corrected chi connectivity index (χ3v) is 4.60. The number of aliphatic imine (C=N–C) groups is 1. The quantitative estimate of drug-likeness (QED) is 0.806. The summed E-state index contributed by atoms with van der Waals surface area (Å²) in [6.45, 7) is 3.21. The molecule has 0 fully saturated rings. The second-order valence-electron chi connectivity index (χ2n) is 5.17. The first kappa shape index (κ1) is 14.9. The molecule has 2 aromatic carbocycles. The molecule has 3 rings (SSSR count). The number of anilines is 1. The number of carbonyl (C=O) groups excluding carboxylic acids is 1. The first-order chi connectivity index (χ1) is 10.8. The lowest BCUT2D eigenvalue weighted by molar-refractivity contribution is 0.100. The summed E-state index contributed by atoms with van der Waals surface area (Å²) in [6, 6.07) is 17.6. The molecule has 0 aliphatic carbocycles. The van der Waals surface area contributed by atoms with Crippen molar-refractivity contribution in [3.8, 4) is 0 Å². The van der Waals surface area contributed by atoms with Gasteiger partial charge in [0.05, 0.1) is 13.1 Å². The van der Waals surface area contributed by atoms with Crippen molar-refractivity contribution in [2.24, 2.45) is 4.99 Å². The predicted octanol–water partition coefficient (Wildman–Crippen LogP) is 3.79. The average molecular weight is 310 g/mol. The predicted molar refractivity (Wildman–Crippen MR) is 94.1 cm³/mol. The summed E-state index contributed by atoms with van der Waals surface area (Å²) in [7, 11) is 0. The number of rotatable bonds is 4. The lowest BCUT2D eigenvalue weighted by Gasteiger charge is -2.25. The van der Waals surface area contributed by atoms with Crippen LogP contribution in [0, 0.1) is 6.92 Å². The molecule has 4 heteroatoms. The molecule has 0 aromatic heterocycles. The topological polar surface area (TPSA) is 32.7 Å². The van der Waals surface area contributed by atoms with E-state index < -0.39 is 0 Å². The summed E-state index contributed by atoms with van der Waals surface area (Å²) in [4.78, 5) is 19.2. The molecule has 3 nitrogen and oxygen atoms in total. The number of benzene rings is 2. The minimum Gasteiger partial charge on any atom is -0.313 e. The zero-order valence-electron chi connectivity index (χ0n) is 12.5. The number of amidine groups is 1. The Kier molecular flexibility index (Phi) is 4.59. The van der Waals surface area contributed by atoms with E-state index in [0.717, 1.165) is 34.3 Å². The Balaban J connectivity index is 1.90. The maximum Gasteiger partial charge on any atom is 0.182 e. The second kappa shape index (κ2) is 6.79. The van der Waals surface area contributed by atoms with Crippen molar-refractivity contribution in [2.45, 2.75) is 6.92 Å². The fourth-order valence-corrected chi connectivity index (χ4v) is 3.33. The zero-order valence-corrected chi connectivity index (χ0v) is 13.3. The number of ketones is 1. The Bertz CT molecular complexity index is 697. The number of aryl methyl sites for hydroxylation is 1. The van der Waals surface area contributed by atoms with Gasteiger partial charge in [0, 0.05) is 17.0 Å². The monoisotopic (exact) mass is 310 g/mol. The molecule has 0 bridgehead atoms. The van der Waals surface area contributed by atoms with Gasteiger partial charge in [-0.15, -0.1) is 0 Å². The maximum absolute atomic E-state index is 12.6. The van der Waals surface area contributed by atoms with E-state index in [1.54, 1.807) is 11.8 Å². The van der Waals surface area contributed by atoms with Crippen molar-refractivity contribution in [2.75, 3.05) is 23.7 Å². The second-order valence-corrected chi connectivity index (χ2v) is 6.24. The van der Waals surface area contributed by atoms with Crippen molar-refractivity contribution in [3.05, 3.63) is 65.7 Å². The van der Waals surface area contributed by atoms with Crippen LogP contribution < -0.4 is 4.90 Å². The molecule has 112 valence electrons. The van der Waals surface area contributed by atoms with E-state index in [-0.39, 0.29) is 5.78 Å². The van der Waals surface area contributed by atoms with Crippen LogP contribution in [0.3, 0.4) is 0 Å². The number of hydrogen-bond donors (Lipinski definition) is 0. The summed E-state index contributed by atoms with van der Waals surface area (Å²) in [6.07, 6.45) is 0. The fraction of sp³-hybridized carbons (Fsp3) is 0.222. The summed E-state index contributed by atoms with van der Waals surface area (Å²) in [5.74, 6) is 1.09. The highest BCUT2D eigenvalue weighted by Crippen LogP contribution is 2.26. The molecule has 1 aliphatic heterocycles. The van der Waals surface area contributed by atoms with Gasteiger partial charge in [-0.25, -0.2) is 0 Å². The minimum atomic E-state index is 0.110. The van der Waals surface area contributed by atoms with Gasteiger partial charge in [-0.05, 0) is 18.6 Å². The van der Waals surface area contributed by atoms with Gasteiger partial charge in [0.1, 0.15) is 0 Å². The molecule has 2 aromatic rings. The summed E-state index contributed by atoms with van der Waals surface area (Å²) in [5, 5.41) is 0.943. The van der Waals surface area contributed by atoms with Gasteiger partial charge < -0.3 is 4.90 Å². The van der Waals surface area contributed by atoms with Crippen LogP contribution in [0.25, 0.3) is 0 Å². The average Bonchev–Trinajstić information content (AvgIpc) is 3.08. The molecule has 22 heavy (non-hydrogen) atoms. The van der Waals surface area contributed by atoms with E-state index in [0.29, 0.717) is 6.54 Å². The van der Waals surface area contributed by atoms with Gasteiger partial charge in [0.15, 0.2) is 11.0 Å². The van der Waals surface area contributed by atoms with Crippen molar-refractivity contribution in [3.63, 3.8) is 0 Å². The number of para-hydroxylation sites is 1. The molecular formula is C18H18N2OS. The van der Waals surface area contributed by atoms with E-state index in [2.05, 4.69) is 24.0 Å². The molecule has 0 unspecified atom stereocenters.